The molecule has 0 rings (SSSR count). The molecule has 0 saturated carbocycles. The van der Waals surface area contributed by atoms with Gasteiger partial charge in [0.05, 0.1) is 0 Å². The molecule has 0 saturated heterocycles. The van der Waals surface area contributed by atoms with Gasteiger partial charge in [0.2, 0.25) is 0 Å². The van der Waals surface area contributed by atoms with Crippen molar-refractivity contribution in [3.63, 3.8) is 0 Å². The van der Waals surface area contributed by atoms with Crippen molar-refractivity contribution in [2.45, 2.75) is 297 Å². The third-order valence-electron chi connectivity index (χ3n) is 11.6. The van der Waals surface area contributed by atoms with Crippen molar-refractivity contribution in [1.29, 1.82) is 0 Å². The lowest BCUT2D eigenvalue weighted by atomic mass is 10.0. The molecule has 0 aliphatic heterocycles. The Hall–Kier alpha value is -1.59. The standard InChI is InChI=1S/C51H98O6/c1-4-7-10-13-15-17-19-21-23-25-26-28-30-32-34-36-39-42-45-51(54)57-48(46-55-49(52)43-40-37-12-9-6-3)47-56-50(53)44-41-38-35-33-31-29-27-24-22-20-18-16-14-11-8-5-2/h48H,4-47H2,1-3H3/t48-/m0/s1. The summed E-state index contributed by atoms with van der Waals surface area (Å²) >= 11 is 0. The third kappa shape index (κ3) is 45.3. The molecule has 6 nitrogen and oxygen atoms in total. The molecular weight excluding hydrogens is 709 g/mol. The highest BCUT2D eigenvalue weighted by Crippen LogP contribution is 2.17. The Bertz CT molecular complexity index is 844. The second-order valence-electron chi connectivity index (χ2n) is 17.5. The topological polar surface area (TPSA) is 78.9 Å². The van der Waals surface area contributed by atoms with Gasteiger partial charge < -0.3 is 14.2 Å². The Morgan fingerprint density at radius 3 is 0.702 bits per heavy atom. The summed E-state index contributed by atoms with van der Waals surface area (Å²) in [5.74, 6) is -0.858. The van der Waals surface area contributed by atoms with Gasteiger partial charge in [-0.15, -0.1) is 0 Å². The molecule has 0 aromatic heterocycles. The van der Waals surface area contributed by atoms with E-state index in [0.29, 0.717) is 19.3 Å². The largest absolute Gasteiger partial charge is 0.462 e. The van der Waals surface area contributed by atoms with E-state index in [0.717, 1.165) is 64.2 Å². The highest BCUT2D eigenvalue weighted by atomic mass is 16.6. The Kier molecular flexibility index (Phi) is 45.8. The van der Waals surface area contributed by atoms with Gasteiger partial charge in [-0.3, -0.25) is 14.4 Å². The maximum atomic E-state index is 12.7. The summed E-state index contributed by atoms with van der Waals surface area (Å²) in [6.45, 7) is 6.60. The van der Waals surface area contributed by atoms with Crippen LogP contribution < -0.4 is 0 Å². The zero-order valence-corrected chi connectivity index (χ0v) is 38.6. The molecule has 0 aliphatic carbocycles. The SMILES string of the molecule is CCCCCCCCCCCCCCCCCCCCC(=O)O[C@@H](COC(=O)CCCCCCC)COC(=O)CCCCCCCCCCCCCCCCCC. The maximum absolute atomic E-state index is 12.7. The van der Waals surface area contributed by atoms with Crippen LogP contribution in [-0.4, -0.2) is 37.2 Å². The molecule has 0 heterocycles. The number of ether oxygens (including phenoxy) is 3. The summed E-state index contributed by atoms with van der Waals surface area (Å²) in [5.41, 5.74) is 0. The third-order valence-corrected chi connectivity index (χ3v) is 11.6. The monoisotopic (exact) mass is 807 g/mol. The minimum atomic E-state index is -0.758. The molecule has 6 heteroatoms. The van der Waals surface area contributed by atoms with Gasteiger partial charge in [0.15, 0.2) is 6.10 Å². The molecule has 0 unspecified atom stereocenters. The quantitative estimate of drug-likeness (QED) is 0.0346. The predicted octanol–water partition coefficient (Wildman–Crippen LogP) is 16.4. The van der Waals surface area contributed by atoms with E-state index >= 15 is 0 Å². The van der Waals surface area contributed by atoms with Gasteiger partial charge in [-0.2, -0.15) is 0 Å². The fraction of sp³-hybridized carbons (Fsp3) is 0.941. The molecule has 57 heavy (non-hydrogen) atoms. The van der Waals surface area contributed by atoms with E-state index in [1.807, 2.05) is 0 Å². The van der Waals surface area contributed by atoms with Crippen LogP contribution in [0.2, 0.25) is 0 Å². The number of hydrogen-bond donors (Lipinski definition) is 0. The second-order valence-corrected chi connectivity index (χ2v) is 17.5. The van der Waals surface area contributed by atoms with Gasteiger partial charge in [-0.25, -0.2) is 0 Å². The minimum Gasteiger partial charge on any atom is -0.462 e. The fourth-order valence-corrected chi connectivity index (χ4v) is 7.74. The first-order valence-corrected chi connectivity index (χ1v) is 25.5. The summed E-state index contributed by atoms with van der Waals surface area (Å²) in [7, 11) is 0. The lowest BCUT2D eigenvalue weighted by molar-refractivity contribution is -0.167. The maximum Gasteiger partial charge on any atom is 0.306 e. The van der Waals surface area contributed by atoms with E-state index in [1.165, 1.54) is 186 Å². The first kappa shape index (κ1) is 55.4. The van der Waals surface area contributed by atoms with Gasteiger partial charge >= 0.3 is 17.9 Å². The summed E-state index contributed by atoms with van der Waals surface area (Å²) < 4.78 is 16.7. The van der Waals surface area contributed by atoms with Gasteiger partial charge in [0.25, 0.3) is 0 Å². The van der Waals surface area contributed by atoms with E-state index in [9.17, 15) is 14.4 Å². The average molecular weight is 807 g/mol. The van der Waals surface area contributed by atoms with Crippen LogP contribution in [0.1, 0.15) is 290 Å². The van der Waals surface area contributed by atoms with Crippen molar-refractivity contribution >= 4 is 17.9 Å². The molecule has 0 aromatic rings. The molecule has 0 N–H and O–H groups in total. The van der Waals surface area contributed by atoms with Crippen LogP contribution in [0.15, 0.2) is 0 Å². The van der Waals surface area contributed by atoms with Crippen molar-refractivity contribution in [2.75, 3.05) is 13.2 Å². The smallest absolute Gasteiger partial charge is 0.306 e. The summed E-state index contributed by atoms with van der Waals surface area (Å²) in [6, 6.07) is 0. The highest BCUT2D eigenvalue weighted by Gasteiger charge is 2.19. The molecule has 1 atom stereocenters. The van der Waals surface area contributed by atoms with Crippen LogP contribution in [0.4, 0.5) is 0 Å². The van der Waals surface area contributed by atoms with Gasteiger partial charge in [-0.05, 0) is 19.3 Å². The molecule has 0 aromatic carbocycles. The predicted molar refractivity (Wildman–Crippen MR) is 243 cm³/mol. The molecule has 0 spiro atoms. The zero-order valence-electron chi connectivity index (χ0n) is 38.6. The van der Waals surface area contributed by atoms with Crippen LogP contribution in [0.3, 0.4) is 0 Å². The number of rotatable bonds is 47. The van der Waals surface area contributed by atoms with E-state index in [1.54, 1.807) is 0 Å². The van der Waals surface area contributed by atoms with Crippen molar-refractivity contribution in [2.24, 2.45) is 0 Å². The van der Waals surface area contributed by atoms with Crippen LogP contribution in [0.5, 0.6) is 0 Å². The Balaban J connectivity index is 4.10. The number of unbranched alkanes of at least 4 members (excludes halogenated alkanes) is 36. The Labute approximate surface area is 355 Å². The van der Waals surface area contributed by atoms with E-state index in [-0.39, 0.29) is 31.1 Å². The molecule has 0 radical (unpaired) electrons. The van der Waals surface area contributed by atoms with Crippen LogP contribution >= 0.6 is 0 Å². The second kappa shape index (κ2) is 47.1. The van der Waals surface area contributed by atoms with Crippen LogP contribution in [-0.2, 0) is 28.6 Å². The lowest BCUT2D eigenvalue weighted by Gasteiger charge is -2.18. The number of esters is 3. The summed E-state index contributed by atoms with van der Waals surface area (Å²) in [5, 5.41) is 0. The molecule has 0 fully saturated rings. The van der Waals surface area contributed by atoms with E-state index in [4.69, 9.17) is 14.2 Å². The van der Waals surface area contributed by atoms with Crippen molar-refractivity contribution in [3.05, 3.63) is 0 Å². The number of carbonyl (C=O) groups is 3. The first-order valence-electron chi connectivity index (χ1n) is 25.5. The Morgan fingerprint density at radius 2 is 0.474 bits per heavy atom. The lowest BCUT2D eigenvalue weighted by Crippen LogP contribution is -2.30. The molecule has 0 amide bonds. The van der Waals surface area contributed by atoms with Gasteiger partial charge in [-0.1, -0.05) is 252 Å². The molecular formula is C51H98O6. The number of carbonyl (C=O) groups excluding carboxylic acids is 3. The van der Waals surface area contributed by atoms with Crippen molar-refractivity contribution in [3.8, 4) is 0 Å². The first-order chi connectivity index (χ1) is 28.0. The molecule has 0 aliphatic rings. The van der Waals surface area contributed by atoms with Gasteiger partial charge in [0, 0.05) is 19.3 Å². The number of hydrogen-bond acceptors (Lipinski definition) is 6. The zero-order chi connectivity index (χ0) is 41.5. The summed E-state index contributed by atoms with van der Waals surface area (Å²) in [6.07, 6.45) is 49.8. The highest BCUT2D eigenvalue weighted by molar-refractivity contribution is 5.71. The van der Waals surface area contributed by atoms with Crippen LogP contribution in [0, 0.1) is 0 Å². The average Bonchev–Trinajstić information content (AvgIpc) is 3.21. The van der Waals surface area contributed by atoms with Crippen molar-refractivity contribution < 1.29 is 28.6 Å². The Morgan fingerprint density at radius 1 is 0.281 bits per heavy atom. The minimum absolute atomic E-state index is 0.0632. The fourth-order valence-electron chi connectivity index (χ4n) is 7.74. The van der Waals surface area contributed by atoms with E-state index in [2.05, 4.69) is 20.8 Å². The normalized spacial score (nSPS) is 11.8. The van der Waals surface area contributed by atoms with Crippen molar-refractivity contribution in [1.82, 2.24) is 0 Å². The van der Waals surface area contributed by atoms with Crippen LogP contribution in [0.25, 0.3) is 0 Å². The molecule has 338 valence electrons. The van der Waals surface area contributed by atoms with E-state index < -0.39 is 6.10 Å². The summed E-state index contributed by atoms with van der Waals surface area (Å²) in [4.78, 5) is 37.6. The van der Waals surface area contributed by atoms with Gasteiger partial charge in [0.1, 0.15) is 13.2 Å². The molecule has 0 bridgehead atoms.